The standard InChI is InChI=1S/C12H16N2O5S/c1-19-11(15)4-5-20(17,18)7-9-3-2-8(12(14)16)6-10(9)13/h2-3,6H,4-5,7,13H2,1H3,(H2,14,16). The van der Waals surface area contributed by atoms with E-state index in [4.69, 9.17) is 11.5 Å². The molecular formula is C12H16N2O5S. The fourth-order valence-corrected chi connectivity index (χ4v) is 2.89. The summed E-state index contributed by atoms with van der Waals surface area (Å²) in [5.41, 5.74) is 11.5. The molecule has 0 atom stereocenters. The van der Waals surface area contributed by atoms with Gasteiger partial charge in [0.1, 0.15) is 0 Å². The highest BCUT2D eigenvalue weighted by Crippen LogP contribution is 2.17. The fourth-order valence-electron chi connectivity index (χ4n) is 1.53. The number of carbonyl (C=O) groups is 2. The predicted molar refractivity (Wildman–Crippen MR) is 73.5 cm³/mol. The van der Waals surface area contributed by atoms with Gasteiger partial charge >= 0.3 is 5.97 Å². The average Bonchev–Trinajstić information content (AvgIpc) is 2.38. The van der Waals surface area contributed by atoms with Crippen LogP contribution in [-0.4, -0.2) is 33.2 Å². The molecule has 7 nitrogen and oxygen atoms in total. The molecular weight excluding hydrogens is 284 g/mol. The van der Waals surface area contributed by atoms with Crippen LogP contribution in [0.15, 0.2) is 18.2 Å². The Bertz CT molecular complexity index is 625. The van der Waals surface area contributed by atoms with Gasteiger partial charge in [-0.05, 0) is 17.7 Å². The minimum atomic E-state index is -3.49. The van der Waals surface area contributed by atoms with E-state index in [9.17, 15) is 18.0 Å². The third kappa shape index (κ3) is 4.54. The largest absolute Gasteiger partial charge is 0.469 e. The van der Waals surface area contributed by atoms with Gasteiger partial charge in [-0.3, -0.25) is 9.59 Å². The van der Waals surface area contributed by atoms with Crippen LogP contribution in [0, 0.1) is 0 Å². The van der Waals surface area contributed by atoms with Crippen LogP contribution in [0.1, 0.15) is 22.3 Å². The highest BCUT2D eigenvalue weighted by molar-refractivity contribution is 7.90. The van der Waals surface area contributed by atoms with E-state index in [0.717, 1.165) is 0 Å². The second kappa shape index (κ2) is 6.38. The molecule has 4 N–H and O–H groups in total. The van der Waals surface area contributed by atoms with E-state index in [1.807, 2.05) is 0 Å². The molecule has 110 valence electrons. The van der Waals surface area contributed by atoms with Crippen molar-refractivity contribution in [1.82, 2.24) is 0 Å². The number of sulfone groups is 1. The maximum absolute atomic E-state index is 11.8. The van der Waals surface area contributed by atoms with Gasteiger partial charge in [-0.25, -0.2) is 8.42 Å². The first-order valence-corrected chi connectivity index (χ1v) is 7.53. The van der Waals surface area contributed by atoms with Crippen LogP contribution in [0.3, 0.4) is 0 Å². The van der Waals surface area contributed by atoms with Crippen molar-refractivity contribution in [2.45, 2.75) is 12.2 Å². The van der Waals surface area contributed by atoms with Crippen molar-refractivity contribution in [1.29, 1.82) is 0 Å². The van der Waals surface area contributed by atoms with E-state index in [1.165, 1.54) is 25.3 Å². The van der Waals surface area contributed by atoms with Crippen LogP contribution >= 0.6 is 0 Å². The molecule has 0 saturated heterocycles. The summed E-state index contributed by atoms with van der Waals surface area (Å²) in [6.45, 7) is 0. The summed E-state index contributed by atoms with van der Waals surface area (Å²) in [7, 11) is -2.30. The van der Waals surface area contributed by atoms with Crippen molar-refractivity contribution >= 4 is 27.4 Å². The molecule has 1 rings (SSSR count). The topological polar surface area (TPSA) is 130 Å². The zero-order valence-corrected chi connectivity index (χ0v) is 11.8. The fraction of sp³-hybridized carbons (Fsp3) is 0.333. The highest BCUT2D eigenvalue weighted by atomic mass is 32.2. The normalized spacial score (nSPS) is 11.1. The lowest BCUT2D eigenvalue weighted by Crippen LogP contribution is -2.16. The maximum atomic E-state index is 11.8. The molecule has 20 heavy (non-hydrogen) atoms. The van der Waals surface area contributed by atoms with E-state index in [0.29, 0.717) is 5.56 Å². The number of methoxy groups -OCH3 is 1. The molecule has 0 heterocycles. The summed E-state index contributed by atoms with van der Waals surface area (Å²) in [4.78, 5) is 21.9. The lowest BCUT2D eigenvalue weighted by Gasteiger charge is -2.08. The molecule has 1 aromatic rings. The zero-order chi connectivity index (χ0) is 15.3. The Balaban J connectivity index is 2.82. The molecule has 0 saturated carbocycles. The predicted octanol–water partition coefficient (Wildman–Crippen LogP) is -0.154. The number of anilines is 1. The summed E-state index contributed by atoms with van der Waals surface area (Å²) in [5.74, 6) is -1.87. The molecule has 0 bridgehead atoms. The minimum Gasteiger partial charge on any atom is -0.469 e. The monoisotopic (exact) mass is 300 g/mol. The molecule has 0 spiro atoms. The summed E-state index contributed by atoms with van der Waals surface area (Å²) in [6.07, 6.45) is -0.210. The molecule has 0 aliphatic rings. The van der Waals surface area contributed by atoms with Gasteiger partial charge in [0, 0.05) is 11.3 Å². The molecule has 1 amide bonds. The second-order valence-corrected chi connectivity index (χ2v) is 6.38. The van der Waals surface area contributed by atoms with E-state index in [-0.39, 0.29) is 29.2 Å². The Kier molecular flexibility index (Phi) is 5.09. The number of hydrogen-bond donors (Lipinski definition) is 2. The van der Waals surface area contributed by atoms with Gasteiger partial charge in [-0.2, -0.15) is 0 Å². The van der Waals surface area contributed by atoms with Crippen molar-refractivity contribution in [3.05, 3.63) is 29.3 Å². The van der Waals surface area contributed by atoms with Gasteiger partial charge < -0.3 is 16.2 Å². The lowest BCUT2D eigenvalue weighted by molar-refractivity contribution is -0.140. The Morgan fingerprint density at radius 2 is 1.95 bits per heavy atom. The van der Waals surface area contributed by atoms with Crippen LogP contribution in [0.25, 0.3) is 0 Å². The van der Waals surface area contributed by atoms with Gasteiger partial charge in [0.15, 0.2) is 9.84 Å². The number of hydrogen-bond acceptors (Lipinski definition) is 6. The number of amides is 1. The van der Waals surface area contributed by atoms with E-state index >= 15 is 0 Å². The maximum Gasteiger partial charge on any atom is 0.306 e. The molecule has 0 fully saturated rings. The molecule has 0 aromatic heterocycles. The van der Waals surface area contributed by atoms with Gasteiger partial charge in [-0.1, -0.05) is 6.07 Å². The molecule has 0 radical (unpaired) electrons. The number of carbonyl (C=O) groups excluding carboxylic acids is 2. The number of rotatable bonds is 6. The number of nitrogen functional groups attached to an aromatic ring is 1. The third-order valence-electron chi connectivity index (χ3n) is 2.65. The van der Waals surface area contributed by atoms with Crippen molar-refractivity contribution in [2.75, 3.05) is 18.6 Å². The number of nitrogens with two attached hydrogens (primary N) is 2. The average molecular weight is 300 g/mol. The van der Waals surface area contributed by atoms with Crippen molar-refractivity contribution < 1.29 is 22.7 Å². The van der Waals surface area contributed by atoms with Crippen LogP contribution in [0.5, 0.6) is 0 Å². The van der Waals surface area contributed by atoms with E-state index in [1.54, 1.807) is 0 Å². The Morgan fingerprint density at radius 1 is 1.30 bits per heavy atom. The van der Waals surface area contributed by atoms with Gasteiger partial charge in [0.05, 0.1) is 25.0 Å². The number of benzene rings is 1. The molecule has 0 aliphatic heterocycles. The number of esters is 1. The molecule has 0 unspecified atom stereocenters. The second-order valence-electron chi connectivity index (χ2n) is 4.20. The van der Waals surface area contributed by atoms with Gasteiger partial charge in [-0.15, -0.1) is 0 Å². The van der Waals surface area contributed by atoms with Crippen LogP contribution in [0.2, 0.25) is 0 Å². The summed E-state index contributed by atoms with van der Waals surface area (Å²) in [5, 5.41) is 0. The van der Waals surface area contributed by atoms with E-state index in [2.05, 4.69) is 4.74 Å². The molecule has 8 heteroatoms. The molecule has 0 aliphatic carbocycles. The van der Waals surface area contributed by atoms with Gasteiger partial charge in [0.25, 0.3) is 0 Å². The van der Waals surface area contributed by atoms with Crippen molar-refractivity contribution in [3.8, 4) is 0 Å². The summed E-state index contributed by atoms with van der Waals surface area (Å²) < 4.78 is 28.1. The third-order valence-corrected chi connectivity index (χ3v) is 4.23. The summed E-state index contributed by atoms with van der Waals surface area (Å²) in [6, 6.07) is 4.17. The number of ether oxygens (including phenoxy) is 1. The quantitative estimate of drug-likeness (QED) is 0.555. The first kappa shape index (κ1) is 16.0. The zero-order valence-electron chi connectivity index (χ0n) is 11.0. The Hall–Kier alpha value is -2.09. The molecule has 1 aromatic carbocycles. The smallest absolute Gasteiger partial charge is 0.306 e. The highest BCUT2D eigenvalue weighted by Gasteiger charge is 2.17. The van der Waals surface area contributed by atoms with Gasteiger partial charge in [0.2, 0.25) is 5.91 Å². The minimum absolute atomic E-state index is 0.169. The first-order valence-electron chi connectivity index (χ1n) is 5.70. The Labute approximate surface area is 116 Å². The van der Waals surface area contributed by atoms with Crippen LogP contribution in [-0.2, 0) is 25.1 Å². The van der Waals surface area contributed by atoms with E-state index < -0.39 is 21.7 Å². The first-order chi connectivity index (χ1) is 9.25. The Morgan fingerprint density at radius 3 is 2.45 bits per heavy atom. The van der Waals surface area contributed by atoms with Crippen LogP contribution < -0.4 is 11.5 Å². The lowest BCUT2D eigenvalue weighted by atomic mass is 10.1. The van der Waals surface area contributed by atoms with Crippen molar-refractivity contribution in [2.24, 2.45) is 5.73 Å². The number of primary amides is 1. The SMILES string of the molecule is COC(=O)CCS(=O)(=O)Cc1ccc(C(N)=O)cc1N. The van der Waals surface area contributed by atoms with Crippen LogP contribution in [0.4, 0.5) is 5.69 Å². The summed E-state index contributed by atoms with van der Waals surface area (Å²) >= 11 is 0. The van der Waals surface area contributed by atoms with Crippen molar-refractivity contribution in [3.63, 3.8) is 0 Å².